The van der Waals surface area contributed by atoms with Gasteiger partial charge in [0.25, 0.3) is 0 Å². The first kappa shape index (κ1) is 16.2. The number of rotatable bonds is 5. The Kier molecular flexibility index (Phi) is 4.46. The van der Waals surface area contributed by atoms with Crippen molar-refractivity contribution in [2.45, 2.75) is 51.2 Å². The monoisotopic (exact) mass is 337 g/mol. The summed E-state index contributed by atoms with van der Waals surface area (Å²) in [5.41, 5.74) is 4.35. The number of nitriles is 1. The summed E-state index contributed by atoms with van der Waals surface area (Å²) < 4.78 is 11.9. The van der Waals surface area contributed by atoms with Gasteiger partial charge in [0.05, 0.1) is 12.7 Å². The molecular weight excluding hydrogens is 314 g/mol. The van der Waals surface area contributed by atoms with E-state index in [-0.39, 0.29) is 6.10 Å². The van der Waals surface area contributed by atoms with E-state index < -0.39 is 0 Å². The molecule has 4 rings (SSSR count). The summed E-state index contributed by atoms with van der Waals surface area (Å²) in [5, 5.41) is 13.4. The van der Waals surface area contributed by atoms with E-state index in [0.717, 1.165) is 48.5 Å². The lowest BCUT2D eigenvalue weighted by Crippen LogP contribution is -2.33. The Hall–Kier alpha value is -2.32. The van der Waals surface area contributed by atoms with Crippen LogP contribution in [0.2, 0.25) is 0 Å². The second kappa shape index (κ2) is 6.89. The van der Waals surface area contributed by atoms with Crippen molar-refractivity contribution in [3.8, 4) is 17.5 Å². The molecule has 25 heavy (non-hydrogen) atoms. The third-order valence-electron chi connectivity index (χ3n) is 5.21. The van der Waals surface area contributed by atoms with Gasteiger partial charge in [-0.15, -0.1) is 0 Å². The largest absolute Gasteiger partial charge is 0.373 e. The molecule has 1 saturated heterocycles. The smallest absolute Gasteiger partial charge is 0.179 e. The van der Waals surface area contributed by atoms with E-state index in [1.54, 1.807) is 4.90 Å². The molecular formula is C20H23N3O2. The molecule has 2 aromatic rings. The maximum absolute atomic E-state index is 8.96. The molecule has 1 saturated carbocycles. The van der Waals surface area contributed by atoms with Crippen molar-refractivity contribution in [2.24, 2.45) is 0 Å². The summed E-state index contributed by atoms with van der Waals surface area (Å²) in [5.74, 6) is 1.51. The fraction of sp³-hybridized carbons (Fsp3) is 0.500. The normalized spacial score (nSPS) is 18.3. The number of aromatic nitrogens is 1. The Labute approximate surface area is 148 Å². The van der Waals surface area contributed by atoms with E-state index in [9.17, 15) is 0 Å². The van der Waals surface area contributed by atoms with Gasteiger partial charge in [0.15, 0.2) is 6.19 Å². The third-order valence-corrected chi connectivity index (χ3v) is 5.21. The number of ether oxygens (including phenoxy) is 1. The van der Waals surface area contributed by atoms with E-state index in [2.05, 4.69) is 30.4 Å². The molecule has 0 unspecified atom stereocenters. The van der Waals surface area contributed by atoms with Crippen molar-refractivity contribution < 1.29 is 9.26 Å². The zero-order valence-electron chi connectivity index (χ0n) is 14.6. The van der Waals surface area contributed by atoms with Gasteiger partial charge in [0.1, 0.15) is 11.5 Å². The van der Waals surface area contributed by atoms with E-state index in [0.29, 0.717) is 12.5 Å². The van der Waals surface area contributed by atoms with Crippen molar-refractivity contribution in [2.75, 3.05) is 13.1 Å². The van der Waals surface area contributed by atoms with Crippen LogP contribution in [0.4, 0.5) is 0 Å². The zero-order chi connectivity index (χ0) is 17.2. The lowest BCUT2D eigenvalue weighted by atomic mass is 10.0. The van der Waals surface area contributed by atoms with Gasteiger partial charge in [-0.1, -0.05) is 29.4 Å². The maximum Gasteiger partial charge on any atom is 0.179 e. The Balaban J connectivity index is 1.53. The first-order valence-corrected chi connectivity index (χ1v) is 9.07. The van der Waals surface area contributed by atoms with Gasteiger partial charge in [-0.05, 0) is 38.2 Å². The standard InChI is InChI=1S/C20H23N3O2/c1-14-4-2-3-5-17(14)19-18(20(25-22-19)15-6-7-15)12-24-16-8-10-23(13-21)11-9-16/h2-5,15-16H,6-12H2,1H3. The topological polar surface area (TPSA) is 62.3 Å². The summed E-state index contributed by atoms with van der Waals surface area (Å²) >= 11 is 0. The highest BCUT2D eigenvalue weighted by molar-refractivity contribution is 5.67. The van der Waals surface area contributed by atoms with Gasteiger partial charge in [-0.25, -0.2) is 0 Å². The van der Waals surface area contributed by atoms with Gasteiger partial charge in [0, 0.05) is 30.1 Å². The highest BCUT2D eigenvalue weighted by atomic mass is 16.5. The highest BCUT2D eigenvalue weighted by Gasteiger charge is 2.33. The van der Waals surface area contributed by atoms with Crippen molar-refractivity contribution in [1.29, 1.82) is 5.26 Å². The number of aryl methyl sites for hydroxylation is 1. The number of hydrogen-bond acceptors (Lipinski definition) is 5. The lowest BCUT2D eigenvalue weighted by molar-refractivity contribution is 0.00620. The SMILES string of the molecule is Cc1ccccc1-c1noc(C2CC2)c1COC1CCN(C#N)CC1. The molecule has 5 nitrogen and oxygen atoms in total. The van der Waals surface area contributed by atoms with E-state index >= 15 is 0 Å². The van der Waals surface area contributed by atoms with Crippen molar-refractivity contribution in [3.05, 3.63) is 41.2 Å². The molecule has 2 fully saturated rings. The van der Waals surface area contributed by atoms with Crippen LogP contribution in [0.15, 0.2) is 28.8 Å². The molecule has 130 valence electrons. The molecule has 1 aromatic heterocycles. The molecule has 0 spiro atoms. The van der Waals surface area contributed by atoms with Crippen molar-refractivity contribution >= 4 is 0 Å². The Morgan fingerprint density at radius 1 is 1.24 bits per heavy atom. The predicted molar refractivity (Wildman–Crippen MR) is 93.6 cm³/mol. The van der Waals surface area contributed by atoms with Crippen LogP contribution >= 0.6 is 0 Å². The first-order chi connectivity index (χ1) is 12.3. The average molecular weight is 337 g/mol. The molecule has 2 aliphatic rings. The van der Waals surface area contributed by atoms with Crippen LogP contribution in [-0.2, 0) is 11.3 Å². The van der Waals surface area contributed by atoms with E-state index in [4.69, 9.17) is 14.5 Å². The highest BCUT2D eigenvalue weighted by Crippen LogP contribution is 2.44. The number of benzene rings is 1. The van der Waals surface area contributed by atoms with Gasteiger partial charge in [-0.3, -0.25) is 0 Å². The summed E-state index contributed by atoms with van der Waals surface area (Å²) in [4.78, 5) is 1.80. The van der Waals surface area contributed by atoms with Gasteiger partial charge < -0.3 is 14.2 Å². The first-order valence-electron chi connectivity index (χ1n) is 9.07. The molecule has 0 bridgehead atoms. The molecule has 0 amide bonds. The van der Waals surface area contributed by atoms with Gasteiger partial charge >= 0.3 is 0 Å². The molecule has 0 radical (unpaired) electrons. The van der Waals surface area contributed by atoms with Crippen LogP contribution in [0, 0.1) is 18.4 Å². The van der Waals surface area contributed by atoms with Crippen molar-refractivity contribution in [1.82, 2.24) is 10.1 Å². The average Bonchev–Trinajstić information content (AvgIpc) is 3.41. The number of likely N-dealkylation sites (tertiary alicyclic amines) is 1. The summed E-state index contributed by atoms with van der Waals surface area (Å²) in [6, 6.07) is 8.28. The predicted octanol–water partition coefficient (Wildman–Crippen LogP) is 3.99. The fourth-order valence-electron chi connectivity index (χ4n) is 3.50. The molecule has 0 atom stereocenters. The van der Waals surface area contributed by atoms with Crippen LogP contribution in [0.25, 0.3) is 11.3 Å². The van der Waals surface area contributed by atoms with Crippen LogP contribution in [0.5, 0.6) is 0 Å². The molecule has 1 aromatic carbocycles. The maximum atomic E-state index is 8.96. The molecule has 1 aliphatic heterocycles. The molecule has 2 heterocycles. The summed E-state index contributed by atoms with van der Waals surface area (Å²) in [6.45, 7) is 4.20. The molecule has 5 heteroatoms. The summed E-state index contributed by atoms with van der Waals surface area (Å²) in [6.07, 6.45) is 6.57. The minimum absolute atomic E-state index is 0.205. The van der Waals surface area contributed by atoms with Crippen LogP contribution in [0.1, 0.15) is 48.5 Å². The Morgan fingerprint density at radius 3 is 2.68 bits per heavy atom. The quantitative estimate of drug-likeness (QED) is 0.772. The fourth-order valence-corrected chi connectivity index (χ4v) is 3.50. The molecule has 1 aliphatic carbocycles. The van der Waals surface area contributed by atoms with E-state index in [1.165, 1.54) is 18.4 Å². The van der Waals surface area contributed by atoms with E-state index in [1.807, 2.05) is 12.1 Å². The Morgan fingerprint density at radius 2 is 2.00 bits per heavy atom. The zero-order valence-corrected chi connectivity index (χ0v) is 14.6. The molecule has 0 N–H and O–H groups in total. The second-order valence-electron chi connectivity index (χ2n) is 7.06. The second-order valence-corrected chi connectivity index (χ2v) is 7.06. The minimum atomic E-state index is 0.205. The number of hydrogen-bond donors (Lipinski definition) is 0. The van der Waals surface area contributed by atoms with Gasteiger partial charge in [0.2, 0.25) is 0 Å². The van der Waals surface area contributed by atoms with Crippen LogP contribution < -0.4 is 0 Å². The summed E-state index contributed by atoms with van der Waals surface area (Å²) in [7, 11) is 0. The number of piperidine rings is 1. The minimum Gasteiger partial charge on any atom is -0.373 e. The van der Waals surface area contributed by atoms with Crippen LogP contribution in [0.3, 0.4) is 0 Å². The Bertz CT molecular complexity index is 780. The third kappa shape index (κ3) is 3.40. The van der Waals surface area contributed by atoms with Gasteiger partial charge in [-0.2, -0.15) is 5.26 Å². The van der Waals surface area contributed by atoms with Crippen LogP contribution in [-0.4, -0.2) is 29.3 Å². The lowest BCUT2D eigenvalue weighted by Gasteiger charge is -2.28. The number of nitrogens with zero attached hydrogens (tertiary/aromatic N) is 3. The van der Waals surface area contributed by atoms with Crippen molar-refractivity contribution in [3.63, 3.8) is 0 Å².